The number of aliphatic hydroxyl groups is 1. The monoisotopic (exact) mass is 236 g/mol. The van der Waals surface area contributed by atoms with Crippen molar-refractivity contribution in [2.45, 2.75) is 18.4 Å². The van der Waals surface area contributed by atoms with Gasteiger partial charge in [-0.1, -0.05) is 0 Å². The van der Waals surface area contributed by atoms with Crippen molar-refractivity contribution in [3.05, 3.63) is 24.5 Å². The van der Waals surface area contributed by atoms with E-state index in [9.17, 15) is 9.90 Å². The van der Waals surface area contributed by atoms with Crippen LogP contribution in [0.4, 0.5) is 0 Å². The van der Waals surface area contributed by atoms with E-state index in [0.717, 1.165) is 0 Å². The number of hydrogen-bond acceptors (Lipinski definition) is 4. The minimum atomic E-state index is -0.590. The predicted octanol–water partition coefficient (Wildman–Crippen LogP) is 0.444. The second-order valence-electron chi connectivity index (χ2n) is 4.31. The molecule has 1 aromatic rings. The predicted molar refractivity (Wildman–Crippen MR) is 61.6 cm³/mol. The maximum atomic E-state index is 11.5. The van der Waals surface area contributed by atoms with Crippen LogP contribution in [0.3, 0.4) is 0 Å². The molecule has 1 aliphatic rings. The molecular formula is C12H16N2O3. The lowest BCUT2D eigenvalue weighted by Crippen LogP contribution is -2.50. The topological polar surface area (TPSA) is 62.7 Å². The number of carbonyl (C=O) groups is 1. The van der Waals surface area contributed by atoms with Gasteiger partial charge in [-0.15, -0.1) is 0 Å². The van der Waals surface area contributed by atoms with E-state index in [0.29, 0.717) is 18.6 Å². The molecule has 5 heteroatoms. The van der Waals surface area contributed by atoms with Gasteiger partial charge in [-0.3, -0.25) is 9.78 Å². The molecule has 0 aliphatic carbocycles. The molecule has 92 valence electrons. The smallest absolute Gasteiger partial charge is 0.223 e. The SMILES string of the molecule is CN1C(=O)CC[C@]1(CO)COc1cccnc1. The fourth-order valence-corrected chi connectivity index (χ4v) is 1.99. The van der Waals surface area contributed by atoms with Crippen LogP contribution in [0.25, 0.3) is 0 Å². The molecule has 2 rings (SSSR count). The summed E-state index contributed by atoms with van der Waals surface area (Å²) in [4.78, 5) is 17.0. The quantitative estimate of drug-likeness (QED) is 0.824. The molecule has 0 bridgehead atoms. The van der Waals surface area contributed by atoms with Gasteiger partial charge in [0.25, 0.3) is 0 Å². The summed E-state index contributed by atoms with van der Waals surface area (Å²) < 4.78 is 5.59. The van der Waals surface area contributed by atoms with Crippen LogP contribution < -0.4 is 4.74 Å². The third-order valence-electron chi connectivity index (χ3n) is 3.33. The number of hydrogen-bond donors (Lipinski definition) is 1. The highest BCUT2D eigenvalue weighted by Crippen LogP contribution is 2.29. The Morgan fingerprint density at radius 2 is 2.47 bits per heavy atom. The third kappa shape index (κ3) is 2.24. The highest BCUT2D eigenvalue weighted by molar-refractivity contribution is 5.79. The van der Waals surface area contributed by atoms with Crippen LogP contribution in [0.5, 0.6) is 5.75 Å². The van der Waals surface area contributed by atoms with Gasteiger partial charge < -0.3 is 14.7 Å². The van der Waals surface area contributed by atoms with Gasteiger partial charge in [0.1, 0.15) is 12.4 Å². The maximum absolute atomic E-state index is 11.5. The molecule has 1 N–H and O–H groups in total. The summed E-state index contributed by atoms with van der Waals surface area (Å²) in [5.41, 5.74) is -0.590. The molecule has 1 amide bonds. The van der Waals surface area contributed by atoms with Crippen LogP contribution in [-0.2, 0) is 4.79 Å². The summed E-state index contributed by atoms with van der Waals surface area (Å²) in [6.07, 6.45) is 4.37. The van der Waals surface area contributed by atoms with Crippen molar-refractivity contribution in [1.82, 2.24) is 9.88 Å². The van der Waals surface area contributed by atoms with Crippen molar-refractivity contribution < 1.29 is 14.6 Å². The van der Waals surface area contributed by atoms with Gasteiger partial charge in [-0.05, 0) is 18.6 Å². The summed E-state index contributed by atoms with van der Waals surface area (Å²) in [5.74, 6) is 0.696. The Labute approximate surface area is 100 Å². The number of ether oxygens (including phenoxy) is 1. The lowest BCUT2D eigenvalue weighted by Gasteiger charge is -2.33. The average molecular weight is 236 g/mol. The number of likely N-dealkylation sites (N-methyl/N-ethyl adjacent to an activating group) is 1. The number of aromatic nitrogens is 1. The molecular weight excluding hydrogens is 220 g/mol. The number of nitrogens with zero attached hydrogens (tertiary/aromatic N) is 2. The number of likely N-dealkylation sites (tertiary alicyclic amines) is 1. The van der Waals surface area contributed by atoms with Crippen molar-refractivity contribution in [2.75, 3.05) is 20.3 Å². The zero-order valence-electron chi connectivity index (χ0n) is 9.80. The van der Waals surface area contributed by atoms with Crippen LogP contribution in [0, 0.1) is 0 Å². The molecule has 1 saturated heterocycles. The molecule has 1 atom stereocenters. The molecule has 1 aliphatic heterocycles. The fourth-order valence-electron chi connectivity index (χ4n) is 1.99. The molecule has 1 fully saturated rings. The second kappa shape index (κ2) is 4.71. The summed E-state index contributed by atoms with van der Waals surface area (Å²) in [6.45, 7) is 0.201. The van der Waals surface area contributed by atoms with Crippen LogP contribution in [0.15, 0.2) is 24.5 Å². The highest BCUT2D eigenvalue weighted by atomic mass is 16.5. The minimum absolute atomic E-state index is 0.0498. The van der Waals surface area contributed by atoms with E-state index in [-0.39, 0.29) is 19.1 Å². The Balaban J connectivity index is 2.04. The number of pyridine rings is 1. The van der Waals surface area contributed by atoms with Crippen LogP contribution in [0.1, 0.15) is 12.8 Å². The van der Waals surface area contributed by atoms with Crippen molar-refractivity contribution in [1.29, 1.82) is 0 Å². The molecule has 0 unspecified atom stereocenters. The van der Waals surface area contributed by atoms with Gasteiger partial charge in [0, 0.05) is 19.7 Å². The molecule has 1 aromatic heterocycles. The van der Waals surface area contributed by atoms with E-state index < -0.39 is 5.54 Å². The Morgan fingerprint density at radius 3 is 3.00 bits per heavy atom. The van der Waals surface area contributed by atoms with Crippen molar-refractivity contribution in [2.24, 2.45) is 0 Å². The molecule has 0 radical (unpaired) electrons. The number of rotatable bonds is 4. The Hall–Kier alpha value is -1.62. The first-order chi connectivity index (χ1) is 8.18. The van der Waals surface area contributed by atoms with Gasteiger partial charge in [-0.25, -0.2) is 0 Å². The Bertz CT molecular complexity index is 396. The lowest BCUT2D eigenvalue weighted by atomic mass is 9.99. The molecule has 0 saturated carbocycles. The number of amides is 1. The van der Waals surface area contributed by atoms with Gasteiger partial charge >= 0.3 is 0 Å². The van der Waals surface area contributed by atoms with Gasteiger partial charge in [0.15, 0.2) is 0 Å². The van der Waals surface area contributed by atoms with Crippen molar-refractivity contribution in [3.63, 3.8) is 0 Å². The van der Waals surface area contributed by atoms with E-state index >= 15 is 0 Å². The van der Waals surface area contributed by atoms with E-state index in [1.54, 1.807) is 36.5 Å². The summed E-state index contributed by atoms with van der Waals surface area (Å²) in [5, 5.41) is 9.49. The van der Waals surface area contributed by atoms with E-state index in [4.69, 9.17) is 4.74 Å². The van der Waals surface area contributed by atoms with Crippen LogP contribution in [0.2, 0.25) is 0 Å². The van der Waals surface area contributed by atoms with Gasteiger partial charge in [0.05, 0.1) is 18.3 Å². The summed E-state index contributed by atoms with van der Waals surface area (Å²) >= 11 is 0. The zero-order valence-corrected chi connectivity index (χ0v) is 9.80. The average Bonchev–Trinajstić information content (AvgIpc) is 2.66. The second-order valence-corrected chi connectivity index (χ2v) is 4.31. The molecule has 0 spiro atoms. The maximum Gasteiger partial charge on any atom is 0.223 e. The Kier molecular flexibility index (Phi) is 3.28. The largest absolute Gasteiger partial charge is 0.489 e. The third-order valence-corrected chi connectivity index (χ3v) is 3.33. The van der Waals surface area contributed by atoms with E-state index in [2.05, 4.69) is 4.98 Å². The molecule has 0 aromatic carbocycles. The van der Waals surface area contributed by atoms with E-state index in [1.807, 2.05) is 0 Å². The zero-order chi connectivity index (χ0) is 12.3. The van der Waals surface area contributed by atoms with E-state index in [1.165, 1.54) is 0 Å². The number of carbonyl (C=O) groups excluding carboxylic acids is 1. The fraction of sp³-hybridized carbons (Fsp3) is 0.500. The first-order valence-corrected chi connectivity index (χ1v) is 5.58. The first kappa shape index (κ1) is 11.9. The van der Waals surface area contributed by atoms with Crippen molar-refractivity contribution >= 4 is 5.91 Å². The highest BCUT2D eigenvalue weighted by Gasteiger charge is 2.43. The summed E-state index contributed by atoms with van der Waals surface area (Å²) in [6, 6.07) is 3.58. The standard InChI is InChI=1S/C12H16N2O3/c1-14-11(16)4-5-12(14,8-15)9-17-10-3-2-6-13-7-10/h2-3,6-7,15H,4-5,8-9H2,1H3/t12-/m0/s1. The van der Waals surface area contributed by atoms with Crippen molar-refractivity contribution in [3.8, 4) is 5.75 Å². The van der Waals surface area contributed by atoms with Gasteiger partial charge in [-0.2, -0.15) is 0 Å². The van der Waals surface area contributed by atoms with Crippen LogP contribution >= 0.6 is 0 Å². The van der Waals surface area contributed by atoms with Gasteiger partial charge in [0.2, 0.25) is 5.91 Å². The molecule has 2 heterocycles. The minimum Gasteiger partial charge on any atom is -0.489 e. The summed E-state index contributed by atoms with van der Waals surface area (Å²) in [7, 11) is 1.71. The lowest BCUT2D eigenvalue weighted by molar-refractivity contribution is -0.131. The normalized spacial score (nSPS) is 24.1. The molecule has 5 nitrogen and oxygen atoms in total. The molecule has 17 heavy (non-hydrogen) atoms. The first-order valence-electron chi connectivity index (χ1n) is 5.58. The van der Waals surface area contributed by atoms with Crippen LogP contribution in [-0.4, -0.2) is 46.7 Å². The Morgan fingerprint density at radius 1 is 1.65 bits per heavy atom. The number of aliphatic hydroxyl groups excluding tert-OH is 1.